The summed E-state index contributed by atoms with van der Waals surface area (Å²) in [7, 11) is -3.58. The number of carbonyl (C=O) groups is 2. The van der Waals surface area contributed by atoms with Gasteiger partial charge in [0.15, 0.2) is 9.84 Å². The Morgan fingerprint density at radius 3 is 2.48 bits per heavy atom. The van der Waals surface area contributed by atoms with Crippen LogP contribution in [0.2, 0.25) is 10.0 Å². The van der Waals surface area contributed by atoms with Crippen LogP contribution in [0.15, 0.2) is 53.4 Å². The maximum atomic E-state index is 13.9. The van der Waals surface area contributed by atoms with Crippen molar-refractivity contribution in [3.63, 3.8) is 0 Å². The molecule has 8 nitrogen and oxygen atoms in total. The fourth-order valence-electron chi connectivity index (χ4n) is 5.54. The minimum atomic E-state index is -3.58. The van der Waals surface area contributed by atoms with Gasteiger partial charge in [0.05, 0.1) is 26.7 Å². The molecule has 2 aliphatic rings. The van der Waals surface area contributed by atoms with E-state index in [1.165, 1.54) is 0 Å². The summed E-state index contributed by atoms with van der Waals surface area (Å²) in [5.74, 6) is -0.386. The number of nitrogens with one attached hydrogen (secondary N) is 1. The zero-order valence-electron chi connectivity index (χ0n) is 22.6. The normalized spacial score (nSPS) is 22.4. The smallest absolute Gasteiger partial charge is 0.243 e. The summed E-state index contributed by atoms with van der Waals surface area (Å²) in [5, 5.41) is 3.80. The lowest BCUT2D eigenvalue weighted by Crippen LogP contribution is -2.53. The molecule has 2 aromatic rings. The summed E-state index contributed by atoms with van der Waals surface area (Å²) >= 11 is 12.1. The van der Waals surface area contributed by atoms with Crippen LogP contribution in [0.1, 0.15) is 38.7 Å². The zero-order valence-corrected chi connectivity index (χ0v) is 25.8. The fraction of sp³-hybridized carbons (Fsp3) is 0.500. The van der Waals surface area contributed by atoms with Gasteiger partial charge in [-0.2, -0.15) is 0 Å². The van der Waals surface area contributed by atoms with Crippen molar-refractivity contribution < 1.29 is 18.0 Å². The third-order valence-corrected chi connectivity index (χ3v) is 10.0. The lowest BCUT2D eigenvalue weighted by Gasteiger charge is -2.33. The third-order valence-electron chi connectivity index (χ3n) is 7.45. The molecular weight excluding hydrogens is 595 g/mol. The van der Waals surface area contributed by atoms with Gasteiger partial charge in [0, 0.05) is 31.7 Å². The highest BCUT2D eigenvalue weighted by Crippen LogP contribution is 2.30. The summed E-state index contributed by atoms with van der Waals surface area (Å²) < 4.78 is 26.5. The van der Waals surface area contributed by atoms with Gasteiger partial charge in [-0.15, -0.1) is 12.4 Å². The molecule has 4 atom stereocenters. The molecule has 0 saturated carbocycles. The van der Waals surface area contributed by atoms with E-state index in [0.717, 1.165) is 5.56 Å². The number of hydrogen-bond acceptors (Lipinski definition) is 6. The van der Waals surface area contributed by atoms with E-state index < -0.39 is 21.9 Å². The molecule has 12 heteroatoms. The Morgan fingerprint density at radius 1 is 1.12 bits per heavy atom. The van der Waals surface area contributed by atoms with Crippen molar-refractivity contribution in [2.75, 3.05) is 18.8 Å². The highest BCUT2D eigenvalue weighted by molar-refractivity contribution is 7.91. The van der Waals surface area contributed by atoms with Crippen molar-refractivity contribution >= 4 is 57.3 Å². The first kappa shape index (κ1) is 32.6. The Hall–Kier alpha value is -1.88. The van der Waals surface area contributed by atoms with Crippen LogP contribution in [-0.2, 0) is 26.0 Å². The van der Waals surface area contributed by atoms with E-state index in [4.69, 9.17) is 28.9 Å². The minimum Gasteiger partial charge on any atom is -0.350 e. The van der Waals surface area contributed by atoms with Crippen molar-refractivity contribution in [3.8, 4) is 0 Å². The molecular formula is C28H37Cl3N4O4S. The number of fused-ring (bicyclic) bond motifs is 1. The number of nitrogens with zero attached hydrogens (tertiary/aromatic N) is 2. The predicted molar refractivity (Wildman–Crippen MR) is 160 cm³/mol. The highest BCUT2D eigenvalue weighted by Gasteiger charge is 2.46. The van der Waals surface area contributed by atoms with Crippen LogP contribution in [0.4, 0.5) is 0 Å². The van der Waals surface area contributed by atoms with Crippen LogP contribution in [0.3, 0.4) is 0 Å². The van der Waals surface area contributed by atoms with Gasteiger partial charge < -0.3 is 16.0 Å². The maximum absolute atomic E-state index is 13.9. The number of sulfone groups is 1. The molecule has 3 N–H and O–H groups in total. The molecule has 0 aromatic heterocycles. The van der Waals surface area contributed by atoms with Gasteiger partial charge in [-0.25, -0.2) is 8.42 Å². The molecule has 0 radical (unpaired) electrons. The van der Waals surface area contributed by atoms with E-state index in [2.05, 4.69) is 5.32 Å². The van der Waals surface area contributed by atoms with Gasteiger partial charge in [0.25, 0.3) is 0 Å². The van der Waals surface area contributed by atoms with Crippen LogP contribution >= 0.6 is 35.6 Å². The molecule has 2 aliphatic heterocycles. The Balaban J connectivity index is 0.00000441. The molecule has 0 aliphatic carbocycles. The summed E-state index contributed by atoms with van der Waals surface area (Å²) in [5.41, 5.74) is 7.07. The average molecular weight is 632 g/mol. The summed E-state index contributed by atoms with van der Waals surface area (Å²) in [6.07, 6.45) is 1.33. The monoisotopic (exact) mass is 630 g/mol. The number of amides is 2. The number of nitrogens with two attached hydrogens (primary N) is 1. The van der Waals surface area contributed by atoms with Crippen molar-refractivity contribution in [2.45, 2.75) is 68.7 Å². The Kier molecular flexibility index (Phi) is 11.3. The summed E-state index contributed by atoms with van der Waals surface area (Å²) in [4.78, 5) is 31.3. The van der Waals surface area contributed by atoms with Gasteiger partial charge >= 0.3 is 0 Å². The number of carbonyl (C=O) groups excluding carboxylic acids is 2. The lowest BCUT2D eigenvalue weighted by atomic mass is 10.00. The van der Waals surface area contributed by atoms with E-state index in [9.17, 15) is 18.0 Å². The molecule has 2 fully saturated rings. The molecule has 220 valence electrons. The number of benzene rings is 2. The molecule has 0 spiro atoms. The van der Waals surface area contributed by atoms with Crippen molar-refractivity contribution in [1.82, 2.24) is 15.1 Å². The molecule has 1 unspecified atom stereocenters. The first-order chi connectivity index (χ1) is 18.5. The predicted octanol–water partition coefficient (Wildman–Crippen LogP) is 3.92. The second-order valence-electron chi connectivity index (χ2n) is 10.9. The standard InChI is InChI=1S/C28H36Cl2N4O4S.ClH/c1-18(2)12-25(27(35)32-15-19-8-9-23(29)24(30)13-19)33-11-10-21(34-16-20(31)14-26(34)28(33)36)17-39(37,38)22-6-4-3-5-7-22;/h3-9,13,18,20-21,25-26H,10-12,14-17,31H2,1-2H3,(H,32,35);1H/t20-,21?,25-,26+;/m1./s1. The van der Waals surface area contributed by atoms with Gasteiger partial charge in [0.1, 0.15) is 6.04 Å². The Labute approximate surface area is 252 Å². The molecule has 0 bridgehead atoms. The minimum absolute atomic E-state index is 0. The SMILES string of the molecule is CC(C)C[C@H](C(=O)NCc1ccc(Cl)c(Cl)c1)N1CCC(CS(=O)(=O)c2ccccc2)N2C[C@H](N)C[C@H]2C1=O.Cl. The van der Waals surface area contributed by atoms with E-state index in [0.29, 0.717) is 35.9 Å². The second-order valence-corrected chi connectivity index (χ2v) is 13.7. The van der Waals surface area contributed by atoms with Crippen molar-refractivity contribution in [1.29, 1.82) is 0 Å². The van der Waals surface area contributed by atoms with Crippen LogP contribution in [0.25, 0.3) is 0 Å². The van der Waals surface area contributed by atoms with Crippen LogP contribution in [0.5, 0.6) is 0 Å². The molecule has 2 aromatic carbocycles. The number of rotatable bonds is 9. The topological polar surface area (TPSA) is 113 Å². The Bertz CT molecular complexity index is 1300. The molecule has 40 heavy (non-hydrogen) atoms. The van der Waals surface area contributed by atoms with Crippen molar-refractivity contribution in [3.05, 3.63) is 64.1 Å². The third kappa shape index (κ3) is 7.69. The highest BCUT2D eigenvalue weighted by atomic mass is 35.5. The van der Waals surface area contributed by atoms with E-state index in [1.807, 2.05) is 18.7 Å². The van der Waals surface area contributed by atoms with E-state index >= 15 is 0 Å². The lowest BCUT2D eigenvalue weighted by molar-refractivity contribution is -0.143. The largest absolute Gasteiger partial charge is 0.350 e. The van der Waals surface area contributed by atoms with Crippen molar-refractivity contribution in [2.24, 2.45) is 11.7 Å². The first-order valence-corrected chi connectivity index (χ1v) is 15.7. The van der Waals surface area contributed by atoms with Crippen LogP contribution < -0.4 is 11.1 Å². The molecule has 2 heterocycles. The van der Waals surface area contributed by atoms with Gasteiger partial charge in [0.2, 0.25) is 11.8 Å². The summed E-state index contributed by atoms with van der Waals surface area (Å²) in [6, 6.07) is 11.7. The second kappa shape index (κ2) is 13.9. The number of hydrogen-bond donors (Lipinski definition) is 2. The number of halogens is 3. The molecule has 2 amide bonds. The molecule has 4 rings (SSSR count). The first-order valence-electron chi connectivity index (χ1n) is 13.3. The summed E-state index contributed by atoms with van der Waals surface area (Å²) in [6.45, 7) is 4.99. The van der Waals surface area contributed by atoms with E-state index in [1.54, 1.807) is 53.4 Å². The van der Waals surface area contributed by atoms with Gasteiger partial charge in [-0.3, -0.25) is 14.5 Å². The van der Waals surface area contributed by atoms with Crippen LogP contribution in [-0.4, -0.2) is 73.0 Å². The van der Waals surface area contributed by atoms with Gasteiger partial charge in [-0.1, -0.05) is 61.3 Å². The van der Waals surface area contributed by atoms with E-state index in [-0.39, 0.29) is 66.0 Å². The quantitative estimate of drug-likeness (QED) is 0.434. The Morgan fingerprint density at radius 2 is 1.82 bits per heavy atom. The maximum Gasteiger partial charge on any atom is 0.243 e. The molecule has 2 saturated heterocycles. The zero-order chi connectivity index (χ0) is 28.3. The average Bonchev–Trinajstić information content (AvgIpc) is 3.24. The van der Waals surface area contributed by atoms with Crippen LogP contribution in [0, 0.1) is 5.92 Å². The fourth-order valence-corrected chi connectivity index (χ4v) is 7.49. The van der Waals surface area contributed by atoms with Gasteiger partial charge in [-0.05, 0) is 55.0 Å².